The van der Waals surface area contributed by atoms with Gasteiger partial charge in [-0.15, -0.1) is 0 Å². The van der Waals surface area contributed by atoms with Gasteiger partial charge in [0.05, 0.1) is 11.7 Å². The molecule has 0 rings (SSSR count). The third kappa shape index (κ3) is 19.9. The molecule has 1 unspecified atom stereocenters. The van der Waals surface area contributed by atoms with Crippen molar-refractivity contribution in [3.63, 3.8) is 0 Å². The molecular weight excluding hydrogens is 364 g/mol. The molecule has 0 saturated carbocycles. The van der Waals surface area contributed by atoms with Crippen molar-refractivity contribution >= 4 is 16.1 Å². The van der Waals surface area contributed by atoms with Crippen LogP contribution >= 0.6 is 0 Å². The van der Waals surface area contributed by atoms with Crippen LogP contribution in [0.5, 0.6) is 0 Å². The highest BCUT2D eigenvalue weighted by atomic mass is 32.2. The summed E-state index contributed by atoms with van der Waals surface area (Å²) < 4.78 is 30.1. The molecule has 0 aromatic rings. The Hall–Kier alpha value is -0.620. The van der Waals surface area contributed by atoms with Gasteiger partial charge in [-0.1, -0.05) is 90.9 Å². The van der Waals surface area contributed by atoms with Gasteiger partial charge in [-0.2, -0.15) is 8.42 Å². The van der Waals surface area contributed by atoms with Crippen LogP contribution in [0.25, 0.3) is 0 Å². The maximum absolute atomic E-state index is 11.2. The minimum absolute atomic E-state index is 0.202. The van der Waals surface area contributed by atoms with Gasteiger partial charge in [0.25, 0.3) is 10.1 Å². The minimum Gasteiger partial charge on any atom is -0.481 e. The first-order valence-corrected chi connectivity index (χ1v) is 12.5. The van der Waals surface area contributed by atoms with E-state index in [1.165, 1.54) is 57.8 Å². The van der Waals surface area contributed by atoms with Crippen molar-refractivity contribution in [1.82, 2.24) is 0 Å². The second-order valence-corrected chi connectivity index (χ2v) is 9.90. The first kappa shape index (κ1) is 26.4. The molecule has 27 heavy (non-hydrogen) atoms. The van der Waals surface area contributed by atoms with E-state index >= 15 is 0 Å². The van der Waals surface area contributed by atoms with Crippen LogP contribution in [0, 0.1) is 11.8 Å². The van der Waals surface area contributed by atoms with E-state index in [0.717, 1.165) is 25.2 Å². The summed E-state index contributed by atoms with van der Waals surface area (Å²) in [5, 5.41) is 9.19. The molecule has 0 spiro atoms. The second-order valence-electron chi connectivity index (χ2n) is 8.32. The summed E-state index contributed by atoms with van der Waals surface area (Å²) in [5.74, 6) is -0.886. The molecule has 0 bridgehead atoms. The first-order chi connectivity index (χ1) is 12.7. The lowest BCUT2D eigenvalue weighted by molar-refractivity contribution is -0.142. The number of aliphatic carboxylic acids is 1. The average Bonchev–Trinajstić information content (AvgIpc) is 2.55. The van der Waals surface area contributed by atoms with Gasteiger partial charge in [-0.3, -0.25) is 9.35 Å². The fraction of sp³-hybridized carbons (Fsp3) is 0.952. The topological polar surface area (TPSA) is 91.7 Å². The molecule has 0 radical (unpaired) electrons. The van der Waals surface area contributed by atoms with Gasteiger partial charge < -0.3 is 5.11 Å². The van der Waals surface area contributed by atoms with E-state index in [4.69, 9.17) is 4.55 Å². The van der Waals surface area contributed by atoms with Crippen molar-refractivity contribution in [2.24, 2.45) is 11.8 Å². The largest absolute Gasteiger partial charge is 0.481 e. The zero-order chi connectivity index (χ0) is 20.5. The molecule has 5 nitrogen and oxygen atoms in total. The third-order valence-corrected chi connectivity index (χ3v) is 5.94. The molecule has 0 aliphatic rings. The molecule has 0 aliphatic heterocycles. The summed E-state index contributed by atoms with van der Waals surface area (Å²) in [6.45, 7) is 4.57. The van der Waals surface area contributed by atoms with Gasteiger partial charge in [0.2, 0.25) is 0 Å². The fourth-order valence-electron chi connectivity index (χ4n) is 3.44. The highest BCUT2D eigenvalue weighted by Crippen LogP contribution is 2.18. The number of rotatable bonds is 19. The Morgan fingerprint density at radius 2 is 1.07 bits per heavy atom. The van der Waals surface area contributed by atoms with E-state index in [2.05, 4.69) is 13.8 Å². The molecule has 1 atom stereocenters. The van der Waals surface area contributed by atoms with Gasteiger partial charge in [0.15, 0.2) is 0 Å². The minimum atomic E-state index is -3.99. The lowest BCUT2D eigenvalue weighted by Crippen LogP contribution is -2.15. The zero-order valence-electron chi connectivity index (χ0n) is 17.5. The van der Waals surface area contributed by atoms with E-state index < -0.39 is 22.0 Å². The zero-order valence-corrected chi connectivity index (χ0v) is 18.3. The normalized spacial score (nSPS) is 13.2. The number of hydrogen-bond acceptors (Lipinski definition) is 3. The Morgan fingerprint density at radius 3 is 1.44 bits per heavy atom. The Labute approximate surface area is 167 Å². The predicted molar refractivity (Wildman–Crippen MR) is 112 cm³/mol. The summed E-state index contributed by atoms with van der Waals surface area (Å²) in [6.07, 6.45) is 16.1. The monoisotopic (exact) mass is 406 g/mol. The summed E-state index contributed by atoms with van der Waals surface area (Å²) in [7, 11) is -3.99. The number of carbonyl (C=O) groups is 1. The van der Waals surface area contributed by atoms with Crippen LogP contribution in [0.1, 0.15) is 110 Å². The van der Waals surface area contributed by atoms with Crippen LogP contribution in [0.3, 0.4) is 0 Å². The second kappa shape index (κ2) is 16.3. The maximum atomic E-state index is 11.2. The Bertz CT molecular complexity index is 459. The molecule has 0 aromatic carbocycles. The van der Waals surface area contributed by atoms with E-state index in [1.807, 2.05) is 0 Å². The number of carboxylic acid groups (broad SMARTS) is 1. The van der Waals surface area contributed by atoms with Crippen molar-refractivity contribution in [1.29, 1.82) is 0 Å². The molecule has 0 saturated heterocycles. The Kier molecular flexibility index (Phi) is 16.0. The Balaban J connectivity index is 3.48. The lowest BCUT2D eigenvalue weighted by Gasteiger charge is -2.11. The van der Waals surface area contributed by atoms with Crippen molar-refractivity contribution in [3.8, 4) is 0 Å². The molecule has 0 aliphatic carbocycles. The number of hydrogen-bond donors (Lipinski definition) is 2. The Morgan fingerprint density at radius 1 is 0.704 bits per heavy atom. The van der Waals surface area contributed by atoms with Crippen molar-refractivity contribution < 1.29 is 22.9 Å². The highest BCUT2D eigenvalue weighted by Gasteiger charge is 2.17. The van der Waals surface area contributed by atoms with Crippen LogP contribution < -0.4 is 0 Å². The van der Waals surface area contributed by atoms with E-state index in [-0.39, 0.29) is 12.2 Å². The molecule has 162 valence electrons. The quantitative estimate of drug-likeness (QED) is 0.200. The van der Waals surface area contributed by atoms with Crippen LogP contribution in [-0.2, 0) is 14.9 Å². The standard InChI is InChI=1S/C21H42O5S/c1-19(2)15-12-10-8-6-4-3-5-7-9-11-13-16-20(21(22)23)17-14-18-27(24,25)26/h19-20H,3-18H2,1-2H3,(H,22,23)(H,24,25,26). The highest BCUT2D eigenvalue weighted by molar-refractivity contribution is 7.85. The van der Waals surface area contributed by atoms with Gasteiger partial charge in [-0.25, -0.2) is 0 Å². The summed E-state index contributed by atoms with van der Waals surface area (Å²) >= 11 is 0. The molecule has 0 heterocycles. The molecule has 0 fully saturated rings. The third-order valence-electron chi connectivity index (χ3n) is 5.14. The fourth-order valence-corrected chi connectivity index (χ4v) is 3.97. The predicted octanol–water partition coefficient (Wildman–Crippen LogP) is 6.08. The van der Waals surface area contributed by atoms with Crippen LogP contribution in [0.15, 0.2) is 0 Å². The SMILES string of the molecule is CC(C)CCCCCCCCCCCCCC(CCCS(=O)(=O)O)C(=O)O. The van der Waals surface area contributed by atoms with Crippen molar-refractivity contribution in [3.05, 3.63) is 0 Å². The van der Waals surface area contributed by atoms with E-state index in [1.54, 1.807) is 0 Å². The van der Waals surface area contributed by atoms with Gasteiger partial charge in [-0.05, 0) is 25.2 Å². The average molecular weight is 407 g/mol. The van der Waals surface area contributed by atoms with Crippen LogP contribution in [-0.4, -0.2) is 29.8 Å². The number of carboxylic acids is 1. The number of unbranched alkanes of at least 4 members (excludes halogenated alkanes) is 10. The van der Waals surface area contributed by atoms with E-state index in [9.17, 15) is 18.3 Å². The molecular formula is C21H42O5S. The van der Waals surface area contributed by atoms with Gasteiger partial charge in [0.1, 0.15) is 0 Å². The molecule has 6 heteroatoms. The summed E-state index contributed by atoms with van der Waals surface area (Å²) in [4.78, 5) is 11.2. The molecule has 0 aromatic heterocycles. The maximum Gasteiger partial charge on any atom is 0.306 e. The van der Waals surface area contributed by atoms with E-state index in [0.29, 0.717) is 12.8 Å². The molecule has 0 amide bonds. The van der Waals surface area contributed by atoms with Crippen molar-refractivity contribution in [2.45, 2.75) is 110 Å². The lowest BCUT2D eigenvalue weighted by atomic mass is 9.96. The van der Waals surface area contributed by atoms with Crippen LogP contribution in [0.2, 0.25) is 0 Å². The first-order valence-electron chi connectivity index (χ1n) is 10.9. The smallest absolute Gasteiger partial charge is 0.306 e. The van der Waals surface area contributed by atoms with Gasteiger partial charge >= 0.3 is 5.97 Å². The summed E-state index contributed by atoms with van der Waals surface area (Å²) in [6, 6.07) is 0. The van der Waals surface area contributed by atoms with Crippen molar-refractivity contribution in [2.75, 3.05) is 5.75 Å². The van der Waals surface area contributed by atoms with Crippen LogP contribution in [0.4, 0.5) is 0 Å². The van der Waals surface area contributed by atoms with Gasteiger partial charge in [0, 0.05) is 0 Å². The summed E-state index contributed by atoms with van der Waals surface area (Å²) in [5.41, 5.74) is 0. The molecule has 2 N–H and O–H groups in total.